The molecule has 0 bridgehead atoms. The molecule has 1 heterocycles. The van der Waals surface area contributed by atoms with Gasteiger partial charge in [0.1, 0.15) is 5.56 Å². The van der Waals surface area contributed by atoms with Gasteiger partial charge in [-0.25, -0.2) is 8.78 Å². The Morgan fingerprint density at radius 2 is 1.29 bits per heavy atom. The van der Waals surface area contributed by atoms with Gasteiger partial charge in [0.2, 0.25) is 0 Å². The van der Waals surface area contributed by atoms with Crippen LogP contribution in [0.4, 0.5) is 23.2 Å². The third-order valence-electron chi connectivity index (χ3n) is 2.24. The lowest BCUT2D eigenvalue weighted by Gasteiger charge is -1.99. The number of anilines is 1. The van der Waals surface area contributed by atoms with E-state index in [1.54, 1.807) is 0 Å². The van der Waals surface area contributed by atoms with E-state index in [0.717, 1.165) is 0 Å². The lowest BCUT2D eigenvalue weighted by atomic mass is 10.2. The molecule has 21 heavy (non-hydrogen) atoms. The molecular weight excluding hydrogens is 331 g/mol. The highest BCUT2D eigenvalue weighted by Crippen LogP contribution is 2.15. The maximum atomic E-state index is 13.2. The Morgan fingerprint density at radius 1 is 0.810 bits per heavy atom. The van der Waals surface area contributed by atoms with Crippen LogP contribution in [-0.4, -0.2) is 4.98 Å². The van der Waals surface area contributed by atoms with E-state index in [1.807, 2.05) is 5.92 Å². The van der Waals surface area contributed by atoms with Gasteiger partial charge in [-0.2, -0.15) is 13.8 Å². The minimum Gasteiger partial charge on any atom is -0.399 e. The van der Waals surface area contributed by atoms with Gasteiger partial charge in [-0.3, -0.25) is 0 Å². The minimum absolute atomic E-state index is 0. The van der Waals surface area contributed by atoms with Crippen LogP contribution >= 0.6 is 24.8 Å². The van der Waals surface area contributed by atoms with Gasteiger partial charge in [-0.05, 0) is 24.3 Å². The number of benzene rings is 1. The smallest absolute Gasteiger partial charge is 0.253 e. The molecule has 112 valence electrons. The first kappa shape index (κ1) is 19.0. The molecule has 0 radical (unpaired) electrons. The van der Waals surface area contributed by atoms with Crippen LogP contribution in [0, 0.1) is 35.4 Å². The summed E-state index contributed by atoms with van der Waals surface area (Å²) in [5.41, 5.74) is 5.33. The minimum atomic E-state index is -1.74. The summed E-state index contributed by atoms with van der Waals surface area (Å²) in [7, 11) is 0. The summed E-state index contributed by atoms with van der Waals surface area (Å²) in [5.74, 6) is -2.30. The van der Waals surface area contributed by atoms with Gasteiger partial charge >= 0.3 is 0 Å². The highest BCUT2D eigenvalue weighted by atomic mass is 35.5. The predicted molar refractivity (Wildman–Crippen MR) is 75.4 cm³/mol. The molecule has 8 heteroatoms. The van der Waals surface area contributed by atoms with Crippen LogP contribution in [0.2, 0.25) is 0 Å². The molecule has 0 aliphatic heterocycles. The van der Waals surface area contributed by atoms with Crippen LogP contribution in [0.25, 0.3) is 0 Å². The average Bonchev–Trinajstić information content (AvgIpc) is 2.38. The largest absolute Gasteiger partial charge is 0.399 e. The van der Waals surface area contributed by atoms with Crippen LogP contribution < -0.4 is 5.73 Å². The Labute approximate surface area is 130 Å². The second-order valence-corrected chi connectivity index (χ2v) is 3.57. The maximum Gasteiger partial charge on any atom is 0.253 e. The fourth-order valence-electron chi connectivity index (χ4n) is 1.30. The zero-order valence-electron chi connectivity index (χ0n) is 10.2. The van der Waals surface area contributed by atoms with Crippen molar-refractivity contribution in [1.82, 2.24) is 4.98 Å². The summed E-state index contributed by atoms with van der Waals surface area (Å²) in [6.45, 7) is 0. The lowest BCUT2D eigenvalue weighted by Crippen LogP contribution is -2.03. The Balaban J connectivity index is 0.00000200. The molecule has 2 rings (SSSR count). The second kappa shape index (κ2) is 7.72. The van der Waals surface area contributed by atoms with Gasteiger partial charge in [0.05, 0.1) is 0 Å². The zero-order valence-corrected chi connectivity index (χ0v) is 11.8. The first-order chi connectivity index (χ1) is 8.99. The van der Waals surface area contributed by atoms with Crippen molar-refractivity contribution < 1.29 is 17.6 Å². The van der Waals surface area contributed by atoms with Gasteiger partial charge in [-0.1, -0.05) is 11.8 Å². The van der Waals surface area contributed by atoms with Crippen molar-refractivity contribution in [3.8, 4) is 11.8 Å². The fourth-order valence-corrected chi connectivity index (χ4v) is 1.30. The van der Waals surface area contributed by atoms with Crippen LogP contribution in [0.1, 0.15) is 11.1 Å². The van der Waals surface area contributed by atoms with Gasteiger partial charge in [0.25, 0.3) is 11.9 Å². The molecule has 0 fully saturated rings. The molecule has 1 aromatic heterocycles. The Bertz CT molecular complexity index is 668. The number of nitrogens with two attached hydrogens (primary N) is 1. The van der Waals surface area contributed by atoms with E-state index in [-0.39, 0.29) is 24.8 Å². The summed E-state index contributed by atoms with van der Waals surface area (Å²) >= 11 is 0. The van der Waals surface area contributed by atoms with Crippen molar-refractivity contribution in [2.24, 2.45) is 0 Å². The number of aromatic nitrogens is 1. The zero-order chi connectivity index (χ0) is 14.0. The highest BCUT2D eigenvalue weighted by molar-refractivity contribution is 5.85. The summed E-state index contributed by atoms with van der Waals surface area (Å²) in [4.78, 5) is 2.43. The number of nitrogen functional groups attached to an aromatic ring is 1. The molecule has 0 unspecified atom stereocenters. The molecule has 0 saturated heterocycles. The van der Waals surface area contributed by atoms with Crippen LogP contribution in [0.5, 0.6) is 0 Å². The monoisotopic (exact) mass is 338 g/mol. The fraction of sp³-hybridized carbons (Fsp3) is 0. The van der Waals surface area contributed by atoms with Crippen molar-refractivity contribution in [2.45, 2.75) is 0 Å². The normalized spacial score (nSPS) is 8.95. The van der Waals surface area contributed by atoms with Gasteiger partial charge in [0.15, 0.2) is 11.6 Å². The number of hydrogen-bond donors (Lipinski definition) is 1. The van der Waals surface area contributed by atoms with E-state index in [1.165, 1.54) is 24.3 Å². The molecule has 0 amide bonds. The molecule has 2 N–H and O–H groups in total. The van der Waals surface area contributed by atoms with E-state index in [0.29, 0.717) is 11.3 Å². The summed E-state index contributed by atoms with van der Waals surface area (Å²) in [6, 6.07) is 6.08. The quantitative estimate of drug-likeness (QED) is 0.346. The van der Waals surface area contributed by atoms with Crippen molar-refractivity contribution >= 4 is 30.5 Å². The van der Waals surface area contributed by atoms with E-state index in [4.69, 9.17) is 5.73 Å². The van der Waals surface area contributed by atoms with Gasteiger partial charge < -0.3 is 5.73 Å². The maximum absolute atomic E-state index is 13.2. The molecule has 2 nitrogen and oxygen atoms in total. The third-order valence-corrected chi connectivity index (χ3v) is 2.24. The summed E-state index contributed by atoms with van der Waals surface area (Å²) in [5, 5.41) is 0. The number of nitrogens with zero attached hydrogens (tertiary/aromatic N) is 1. The van der Waals surface area contributed by atoms with Crippen molar-refractivity contribution in [1.29, 1.82) is 0 Å². The van der Waals surface area contributed by atoms with E-state index >= 15 is 0 Å². The molecule has 0 saturated carbocycles. The van der Waals surface area contributed by atoms with Crippen LogP contribution in [-0.2, 0) is 0 Å². The SMILES string of the molecule is Cl.Cl.Nc1ccc(C#Cc2c(F)c(F)nc(F)c2F)cc1. The topological polar surface area (TPSA) is 38.9 Å². The third kappa shape index (κ3) is 4.25. The van der Waals surface area contributed by atoms with Crippen LogP contribution in [0.15, 0.2) is 24.3 Å². The van der Waals surface area contributed by atoms with Crippen molar-refractivity contribution in [3.05, 3.63) is 58.9 Å². The van der Waals surface area contributed by atoms with E-state index < -0.39 is 29.1 Å². The van der Waals surface area contributed by atoms with Gasteiger partial charge in [-0.15, -0.1) is 24.8 Å². The Morgan fingerprint density at radius 3 is 1.76 bits per heavy atom. The average molecular weight is 339 g/mol. The van der Waals surface area contributed by atoms with Crippen molar-refractivity contribution in [2.75, 3.05) is 5.73 Å². The number of rotatable bonds is 0. The first-order valence-corrected chi connectivity index (χ1v) is 5.06. The Kier molecular flexibility index (Phi) is 6.99. The van der Waals surface area contributed by atoms with Gasteiger partial charge in [0, 0.05) is 11.3 Å². The molecule has 0 aliphatic carbocycles. The highest BCUT2D eigenvalue weighted by Gasteiger charge is 2.18. The van der Waals surface area contributed by atoms with E-state index in [9.17, 15) is 17.6 Å². The number of halogens is 6. The standard InChI is InChI=1S/C13H6F4N2.2ClH/c14-10-9(11(15)13(17)19-12(10)16)6-3-7-1-4-8(18)5-2-7;;/h1-2,4-5H,18H2;2*1H. The van der Waals surface area contributed by atoms with Crippen molar-refractivity contribution in [3.63, 3.8) is 0 Å². The number of hydrogen-bond acceptors (Lipinski definition) is 2. The van der Waals surface area contributed by atoms with Crippen LogP contribution in [0.3, 0.4) is 0 Å². The molecular formula is C13H8Cl2F4N2. The molecule has 0 aliphatic rings. The lowest BCUT2D eigenvalue weighted by molar-refractivity contribution is 0.404. The predicted octanol–water partition coefficient (Wildman–Crippen LogP) is 3.46. The second-order valence-electron chi connectivity index (χ2n) is 3.57. The van der Waals surface area contributed by atoms with E-state index in [2.05, 4.69) is 10.9 Å². The Hall–Kier alpha value is -1.97. The molecule has 0 spiro atoms. The molecule has 1 aromatic carbocycles. The first-order valence-electron chi connectivity index (χ1n) is 5.06. The molecule has 0 atom stereocenters. The summed E-state index contributed by atoms with van der Waals surface area (Å²) < 4.78 is 52.1. The summed E-state index contributed by atoms with van der Waals surface area (Å²) in [6.07, 6.45) is 0. The molecule has 2 aromatic rings. The number of pyridine rings is 1.